The van der Waals surface area contributed by atoms with Gasteiger partial charge in [0.1, 0.15) is 0 Å². The third-order valence-corrected chi connectivity index (χ3v) is 5.55. The minimum absolute atomic E-state index is 0.0576. The van der Waals surface area contributed by atoms with E-state index in [4.69, 9.17) is 11.6 Å². The fourth-order valence-corrected chi connectivity index (χ4v) is 3.82. The Morgan fingerprint density at radius 3 is 2.61 bits per heavy atom. The van der Waals surface area contributed by atoms with E-state index in [1.54, 1.807) is 35.0 Å². The molecule has 1 aromatic carbocycles. The molecule has 28 heavy (non-hydrogen) atoms. The van der Waals surface area contributed by atoms with Crippen molar-refractivity contribution in [2.24, 2.45) is 5.92 Å². The highest BCUT2D eigenvalue weighted by molar-refractivity contribution is 6.39. The standard InChI is InChI=1S/C20H26ClN5O2/c1-13-11-24(3)10-9-17(13)25(4)20(28)19(27)22-18-14(2)12-26(23-18)16-7-5-15(21)6-8-16/h5-8,12-13,17H,9-11H2,1-4H3,(H,22,23,27). The molecule has 1 fully saturated rings. The van der Waals surface area contributed by atoms with Crippen molar-refractivity contribution >= 4 is 29.2 Å². The van der Waals surface area contributed by atoms with Gasteiger partial charge in [0.15, 0.2) is 5.82 Å². The molecule has 0 saturated carbocycles. The number of carbonyl (C=O) groups is 2. The second kappa shape index (κ2) is 8.32. The summed E-state index contributed by atoms with van der Waals surface area (Å²) in [7, 11) is 3.77. The number of benzene rings is 1. The lowest BCUT2D eigenvalue weighted by Gasteiger charge is -2.39. The van der Waals surface area contributed by atoms with E-state index in [-0.39, 0.29) is 6.04 Å². The summed E-state index contributed by atoms with van der Waals surface area (Å²) in [6, 6.07) is 7.27. The van der Waals surface area contributed by atoms with Gasteiger partial charge < -0.3 is 15.1 Å². The number of carbonyl (C=O) groups excluding carboxylic acids is 2. The van der Waals surface area contributed by atoms with Crippen LogP contribution in [0, 0.1) is 12.8 Å². The molecule has 2 atom stereocenters. The lowest BCUT2D eigenvalue weighted by Crippen LogP contribution is -2.52. The van der Waals surface area contributed by atoms with Crippen LogP contribution in [0.1, 0.15) is 18.9 Å². The summed E-state index contributed by atoms with van der Waals surface area (Å²) >= 11 is 5.92. The molecular weight excluding hydrogens is 378 g/mol. The van der Waals surface area contributed by atoms with Crippen LogP contribution < -0.4 is 5.32 Å². The van der Waals surface area contributed by atoms with Gasteiger partial charge >= 0.3 is 11.8 Å². The average molecular weight is 404 g/mol. The molecule has 1 N–H and O–H groups in total. The molecule has 1 saturated heterocycles. The quantitative estimate of drug-likeness (QED) is 0.799. The van der Waals surface area contributed by atoms with Gasteiger partial charge in [0.05, 0.1) is 5.69 Å². The van der Waals surface area contributed by atoms with Gasteiger partial charge in [-0.05, 0) is 57.1 Å². The average Bonchev–Trinajstić information content (AvgIpc) is 3.01. The number of halogens is 1. The summed E-state index contributed by atoms with van der Waals surface area (Å²) < 4.78 is 1.65. The molecule has 3 rings (SSSR count). The van der Waals surface area contributed by atoms with Gasteiger partial charge in [0, 0.05) is 36.4 Å². The lowest BCUT2D eigenvalue weighted by molar-refractivity contribution is -0.145. The van der Waals surface area contributed by atoms with E-state index in [1.165, 1.54) is 0 Å². The molecular formula is C20H26ClN5O2. The monoisotopic (exact) mass is 403 g/mol. The van der Waals surface area contributed by atoms with Gasteiger partial charge in [0.2, 0.25) is 0 Å². The summed E-state index contributed by atoms with van der Waals surface area (Å²) in [6.07, 6.45) is 2.66. The maximum atomic E-state index is 12.7. The van der Waals surface area contributed by atoms with E-state index in [9.17, 15) is 9.59 Å². The molecule has 8 heteroatoms. The minimum Gasteiger partial charge on any atom is -0.334 e. The summed E-state index contributed by atoms with van der Waals surface area (Å²) in [5.74, 6) is -0.524. The highest BCUT2D eigenvalue weighted by atomic mass is 35.5. The molecule has 1 aliphatic rings. The number of nitrogens with one attached hydrogen (secondary N) is 1. The molecule has 0 spiro atoms. The maximum absolute atomic E-state index is 12.7. The van der Waals surface area contributed by atoms with Crippen molar-refractivity contribution < 1.29 is 9.59 Å². The smallest absolute Gasteiger partial charge is 0.315 e. The summed E-state index contributed by atoms with van der Waals surface area (Å²) in [4.78, 5) is 29.0. The van der Waals surface area contributed by atoms with Crippen molar-refractivity contribution in [1.29, 1.82) is 0 Å². The van der Waals surface area contributed by atoms with Gasteiger partial charge in [-0.1, -0.05) is 18.5 Å². The predicted molar refractivity (Wildman–Crippen MR) is 110 cm³/mol. The molecule has 2 unspecified atom stereocenters. The Labute approximate surface area is 170 Å². The van der Waals surface area contributed by atoms with Crippen LogP contribution >= 0.6 is 11.6 Å². The third kappa shape index (κ3) is 4.36. The maximum Gasteiger partial charge on any atom is 0.315 e. The topological polar surface area (TPSA) is 70.5 Å². The first-order chi connectivity index (χ1) is 13.3. The molecule has 2 amide bonds. The van der Waals surface area contributed by atoms with Crippen LogP contribution in [0.2, 0.25) is 5.02 Å². The Morgan fingerprint density at radius 1 is 1.29 bits per heavy atom. The van der Waals surface area contributed by atoms with Crippen LogP contribution in [0.4, 0.5) is 5.82 Å². The number of rotatable bonds is 3. The van der Waals surface area contributed by atoms with Crippen molar-refractivity contribution in [3.63, 3.8) is 0 Å². The highest BCUT2D eigenvalue weighted by Gasteiger charge is 2.32. The van der Waals surface area contributed by atoms with Gasteiger partial charge in [0.25, 0.3) is 0 Å². The van der Waals surface area contributed by atoms with Crippen LogP contribution in [0.3, 0.4) is 0 Å². The largest absolute Gasteiger partial charge is 0.334 e. The third-order valence-electron chi connectivity index (χ3n) is 5.30. The van der Waals surface area contributed by atoms with Crippen LogP contribution in [-0.2, 0) is 9.59 Å². The normalized spacial score (nSPS) is 20.0. The SMILES string of the molecule is Cc1cn(-c2ccc(Cl)cc2)nc1NC(=O)C(=O)N(C)C1CCN(C)CC1C. The highest BCUT2D eigenvalue weighted by Crippen LogP contribution is 2.21. The number of hydrogen-bond donors (Lipinski definition) is 1. The molecule has 7 nitrogen and oxygen atoms in total. The Hall–Kier alpha value is -2.38. The zero-order valence-corrected chi connectivity index (χ0v) is 17.4. The van der Waals surface area contributed by atoms with Crippen LogP contribution in [-0.4, -0.2) is 64.6 Å². The Kier molecular flexibility index (Phi) is 6.05. The van der Waals surface area contributed by atoms with Crippen molar-refractivity contribution in [2.45, 2.75) is 26.3 Å². The van der Waals surface area contributed by atoms with E-state index in [1.807, 2.05) is 19.1 Å². The molecule has 150 valence electrons. The molecule has 1 aromatic heterocycles. The van der Waals surface area contributed by atoms with E-state index >= 15 is 0 Å². The fraction of sp³-hybridized carbons (Fsp3) is 0.450. The zero-order valence-electron chi connectivity index (χ0n) is 16.6. The van der Waals surface area contributed by atoms with Crippen LogP contribution in [0.5, 0.6) is 0 Å². The number of hydrogen-bond acceptors (Lipinski definition) is 4. The van der Waals surface area contributed by atoms with Gasteiger partial charge in [-0.15, -0.1) is 5.10 Å². The Bertz CT molecular complexity index is 864. The number of aromatic nitrogens is 2. The summed E-state index contributed by atoms with van der Waals surface area (Å²) in [5, 5.41) is 7.69. The van der Waals surface area contributed by atoms with E-state index in [2.05, 4.69) is 29.3 Å². The number of likely N-dealkylation sites (tertiary alicyclic amines) is 1. The van der Waals surface area contributed by atoms with Crippen LogP contribution in [0.15, 0.2) is 30.5 Å². The Balaban J connectivity index is 1.68. The van der Waals surface area contributed by atoms with E-state index in [0.29, 0.717) is 16.8 Å². The van der Waals surface area contributed by atoms with Crippen LogP contribution in [0.25, 0.3) is 5.69 Å². The van der Waals surface area contributed by atoms with E-state index in [0.717, 1.165) is 30.8 Å². The molecule has 2 heterocycles. The molecule has 0 bridgehead atoms. The lowest BCUT2D eigenvalue weighted by atomic mass is 9.93. The zero-order chi connectivity index (χ0) is 20.4. The fourth-order valence-electron chi connectivity index (χ4n) is 3.70. The Morgan fingerprint density at radius 2 is 1.96 bits per heavy atom. The van der Waals surface area contributed by atoms with E-state index < -0.39 is 11.8 Å². The number of nitrogens with zero attached hydrogens (tertiary/aromatic N) is 4. The molecule has 0 aliphatic carbocycles. The van der Waals surface area contributed by atoms with Gasteiger partial charge in [-0.25, -0.2) is 4.68 Å². The molecule has 0 radical (unpaired) electrons. The first kappa shape index (κ1) is 20.4. The van der Waals surface area contributed by atoms with Gasteiger partial charge in [-0.2, -0.15) is 0 Å². The van der Waals surface area contributed by atoms with Crippen molar-refractivity contribution in [3.05, 3.63) is 41.0 Å². The second-order valence-electron chi connectivity index (χ2n) is 7.55. The first-order valence-corrected chi connectivity index (χ1v) is 9.73. The summed E-state index contributed by atoms with van der Waals surface area (Å²) in [5.41, 5.74) is 1.59. The van der Waals surface area contributed by atoms with Crippen molar-refractivity contribution in [1.82, 2.24) is 19.6 Å². The second-order valence-corrected chi connectivity index (χ2v) is 7.98. The first-order valence-electron chi connectivity index (χ1n) is 9.35. The number of piperidine rings is 1. The number of likely N-dealkylation sites (N-methyl/N-ethyl adjacent to an activating group) is 1. The molecule has 1 aliphatic heterocycles. The predicted octanol–water partition coefficient (Wildman–Crippen LogP) is 2.57. The van der Waals surface area contributed by atoms with Crippen molar-refractivity contribution in [3.8, 4) is 5.69 Å². The number of amides is 2. The van der Waals surface area contributed by atoms with Gasteiger partial charge in [-0.3, -0.25) is 9.59 Å². The number of anilines is 1. The minimum atomic E-state index is -0.668. The molecule has 2 aromatic rings. The number of aryl methyl sites for hydroxylation is 1. The van der Waals surface area contributed by atoms with Crippen molar-refractivity contribution in [2.75, 3.05) is 32.5 Å². The summed E-state index contributed by atoms with van der Waals surface area (Å²) in [6.45, 7) is 5.77.